The van der Waals surface area contributed by atoms with Gasteiger partial charge in [-0.3, -0.25) is 4.90 Å². The average molecular weight is 195 g/mol. The molecule has 14 heavy (non-hydrogen) atoms. The van der Waals surface area contributed by atoms with Crippen molar-refractivity contribution >= 4 is 0 Å². The third-order valence-corrected chi connectivity index (χ3v) is 1.94. The topological polar surface area (TPSA) is 43.7 Å². The van der Waals surface area contributed by atoms with Gasteiger partial charge in [-0.25, -0.2) is 0 Å². The van der Waals surface area contributed by atoms with E-state index in [1.165, 1.54) is 0 Å². The van der Waals surface area contributed by atoms with Gasteiger partial charge in [-0.15, -0.1) is 0 Å². The van der Waals surface area contributed by atoms with Gasteiger partial charge in [0.05, 0.1) is 6.10 Å². The first-order valence-corrected chi connectivity index (χ1v) is 4.72. The first kappa shape index (κ1) is 11.0. The van der Waals surface area contributed by atoms with E-state index in [1.807, 2.05) is 24.1 Å². The van der Waals surface area contributed by atoms with Crippen LogP contribution in [0, 0.1) is 0 Å². The number of aliphatic hydroxyl groups is 1. The Kier molecular flexibility index (Phi) is 3.92. The van der Waals surface area contributed by atoms with Gasteiger partial charge in [0.2, 0.25) is 0 Å². The second-order valence-corrected chi connectivity index (χ2v) is 3.72. The normalized spacial score (nSPS) is 13.1. The van der Waals surface area contributed by atoms with E-state index in [2.05, 4.69) is 0 Å². The summed E-state index contributed by atoms with van der Waals surface area (Å²) in [6.07, 6.45) is -0.322. The SMILES string of the molecule is CC(O)CN(C)Cc1cccc(O)c1. The van der Waals surface area contributed by atoms with Crippen molar-refractivity contribution in [2.24, 2.45) is 0 Å². The Bertz CT molecular complexity index is 286. The summed E-state index contributed by atoms with van der Waals surface area (Å²) in [6.45, 7) is 3.13. The van der Waals surface area contributed by atoms with Crippen molar-refractivity contribution in [3.8, 4) is 5.75 Å². The van der Waals surface area contributed by atoms with Gasteiger partial charge in [0.25, 0.3) is 0 Å². The van der Waals surface area contributed by atoms with Crippen molar-refractivity contribution < 1.29 is 10.2 Å². The maximum atomic E-state index is 9.24. The third kappa shape index (κ3) is 3.77. The lowest BCUT2D eigenvalue weighted by Gasteiger charge is -2.18. The molecular formula is C11H17NO2. The molecule has 1 aromatic rings. The van der Waals surface area contributed by atoms with Crippen LogP contribution in [0.5, 0.6) is 5.75 Å². The summed E-state index contributed by atoms with van der Waals surface area (Å²) in [6, 6.07) is 7.16. The molecule has 2 N–H and O–H groups in total. The number of likely N-dealkylation sites (N-methyl/N-ethyl adjacent to an activating group) is 1. The molecule has 0 aliphatic heterocycles. The Balaban J connectivity index is 2.51. The minimum absolute atomic E-state index is 0.285. The van der Waals surface area contributed by atoms with Gasteiger partial charge in [0.1, 0.15) is 5.75 Å². The van der Waals surface area contributed by atoms with E-state index >= 15 is 0 Å². The first-order valence-electron chi connectivity index (χ1n) is 4.72. The summed E-state index contributed by atoms with van der Waals surface area (Å²) in [5.41, 5.74) is 1.05. The van der Waals surface area contributed by atoms with Crippen molar-refractivity contribution in [3.63, 3.8) is 0 Å². The maximum Gasteiger partial charge on any atom is 0.115 e. The molecule has 0 fully saturated rings. The Morgan fingerprint density at radius 1 is 1.43 bits per heavy atom. The zero-order valence-corrected chi connectivity index (χ0v) is 8.64. The molecule has 1 atom stereocenters. The summed E-state index contributed by atoms with van der Waals surface area (Å²) in [4.78, 5) is 2.01. The number of hydrogen-bond acceptors (Lipinski definition) is 3. The van der Waals surface area contributed by atoms with Gasteiger partial charge >= 0.3 is 0 Å². The summed E-state index contributed by atoms with van der Waals surface area (Å²) >= 11 is 0. The maximum absolute atomic E-state index is 9.24. The Labute approximate surface area is 84.6 Å². The highest BCUT2D eigenvalue weighted by molar-refractivity contribution is 5.26. The predicted molar refractivity (Wildman–Crippen MR) is 56.1 cm³/mol. The molecule has 3 heteroatoms. The van der Waals surface area contributed by atoms with Crippen LogP contribution >= 0.6 is 0 Å². The highest BCUT2D eigenvalue weighted by Crippen LogP contribution is 2.12. The fourth-order valence-corrected chi connectivity index (χ4v) is 1.48. The number of nitrogens with zero attached hydrogens (tertiary/aromatic N) is 1. The van der Waals surface area contributed by atoms with E-state index in [4.69, 9.17) is 5.11 Å². The van der Waals surface area contributed by atoms with Crippen molar-refractivity contribution in [3.05, 3.63) is 29.8 Å². The minimum atomic E-state index is -0.322. The molecular weight excluding hydrogens is 178 g/mol. The fraction of sp³-hybridized carbons (Fsp3) is 0.455. The number of rotatable bonds is 4. The molecule has 0 aliphatic rings. The monoisotopic (exact) mass is 195 g/mol. The molecule has 0 aromatic heterocycles. The molecule has 1 rings (SSSR count). The van der Waals surface area contributed by atoms with Crippen LogP contribution in [-0.2, 0) is 6.54 Å². The van der Waals surface area contributed by atoms with E-state index in [1.54, 1.807) is 19.1 Å². The van der Waals surface area contributed by atoms with Gasteiger partial charge in [-0.2, -0.15) is 0 Å². The van der Waals surface area contributed by atoms with Crippen LogP contribution in [0.15, 0.2) is 24.3 Å². The smallest absolute Gasteiger partial charge is 0.115 e. The van der Waals surface area contributed by atoms with Gasteiger partial charge < -0.3 is 10.2 Å². The molecule has 3 nitrogen and oxygen atoms in total. The summed E-state index contributed by atoms with van der Waals surface area (Å²) in [5, 5.41) is 18.4. The van der Waals surface area contributed by atoms with Crippen LogP contribution in [0.25, 0.3) is 0 Å². The molecule has 0 radical (unpaired) electrons. The van der Waals surface area contributed by atoms with Crippen molar-refractivity contribution in [1.82, 2.24) is 4.90 Å². The summed E-state index contributed by atoms with van der Waals surface area (Å²) in [5.74, 6) is 0.285. The second kappa shape index (κ2) is 4.98. The van der Waals surface area contributed by atoms with Gasteiger partial charge in [-0.1, -0.05) is 12.1 Å². The van der Waals surface area contributed by atoms with Crippen LogP contribution in [0.2, 0.25) is 0 Å². The van der Waals surface area contributed by atoms with Gasteiger partial charge in [0.15, 0.2) is 0 Å². The summed E-state index contributed by atoms with van der Waals surface area (Å²) < 4.78 is 0. The molecule has 0 saturated carbocycles. The third-order valence-electron chi connectivity index (χ3n) is 1.94. The van der Waals surface area contributed by atoms with Crippen LogP contribution in [0.4, 0.5) is 0 Å². The summed E-state index contributed by atoms with van der Waals surface area (Å²) in [7, 11) is 1.94. The van der Waals surface area contributed by atoms with Crippen molar-refractivity contribution in [1.29, 1.82) is 0 Å². The standard InChI is InChI=1S/C11H17NO2/c1-9(13)7-12(2)8-10-4-3-5-11(14)6-10/h3-6,9,13-14H,7-8H2,1-2H3. The quantitative estimate of drug-likeness (QED) is 0.759. The van der Waals surface area contributed by atoms with E-state index in [0.717, 1.165) is 12.1 Å². The van der Waals surface area contributed by atoms with E-state index in [-0.39, 0.29) is 11.9 Å². The molecule has 0 heterocycles. The molecule has 0 bridgehead atoms. The van der Waals surface area contributed by atoms with Gasteiger partial charge in [0, 0.05) is 13.1 Å². The van der Waals surface area contributed by atoms with Gasteiger partial charge in [-0.05, 0) is 31.7 Å². The lowest BCUT2D eigenvalue weighted by atomic mass is 10.2. The zero-order chi connectivity index (χ0) is 10.6. The van der Waals surface area contributed by atoms with E-state index in [9.17, 15) is 5.11 Å². The molecule has 0 saturated heterocycles. The van der Waals surface area contributed by atoms with Crippen LogP contribution in [-0.4, -0.2) is 34.8 Å². The molecule has 1 aromatic carbocycles. The van der Waals surface area contributed by atoms with Crippen molar-refractivity contribution in [2.45, 2.75) is 19.6 Å². The number of aromatic hydroxyl groups is 1. The Hall–Kier alpha value is -1.06. The van der Waals surface area contributed by atoms with E-state index < -0.39 is 0 Å². The molecule has 0 spiro atoms. The molecule has 1 unspecified atom stereocenters. The molecule has 78 valence electrons. The minimum Gasteiger partial charge on any atom is -0.508 e. The van der Waals surface area contributed by atoms with E-state index in [0.29, 0.717) is 6.54 Å². The highest BCUT2D eigenvalue weighted by atomic mass is 16.3. The lowest BCUT2D eigenvalue weighted by molar-refractivity contribution is 0.138. The fourth-order valence-electron chi connectivity index (χ4n) is 1.48. The number of hydrogen-bond donors (Lipinski definition) is 2. The second-order valence-electron chi connectivity index (χ2n) is 3.72. The molecule has 0 amide bonds. The largest absolute Gasteiger partial charge is 0.508 e. The number of benzene rings is 1. The highest BCUT2D eigenvalue weighted by Gasteiger charge is 2.03. The Morgan fingerprint density at radius 2 is 2.14 bits per heavy atom. The van der Waals surface area contributed by atoms with Crippen LogP contribution in [0.3, 0.4) is 0 Å². The first-order chi connectivity index (χ1) is 6.58. The van der Waals surface area contributed by atoms with Crippen molar-refractivity contribution in [2.75, 3.05) is 13.6 Å². The van der Waals surface area contributed by atoms with Crippen LogP contribution < -0.4 is 0 Å². The van der Waals surface area contributed by atoms with Crippen LogP contribution in [0.1, 0.15) is 12.5 Å². The Morgan fingerprint density at radius 3 is 2.71 bits per heavy atom. The number of phenolic OH excluding ortho intramolecular Hbond substituents is 1. The number of phenols is 1. The predicted octanol–water partition coefficient (Wildman–Crippen LogP) is 1.20. The number of aliphatic hydroxyl groups excluding tert-OH is 1. The lowest BCUT2D eigenvalue weighted by Crippen LogP contribution is -2.26. The molecule has 0 aliphatic carbocycles. The zero-order valence-electron chi connectivity index (χ0n) is 8.64. The average Bonchev–Trinajstić information content (AvgIpc) is 2.01.